The van der Waals surface area contributed by atoms with Gasteiger partial charge >= 0.3 is 0 Å². The smallest absolute Gasteiger partial charge is 0.290 e. The van der Waals surface area contributed by atoms with E-state index in [-0.39, 0.29) is 18.3 Å². The van der Waals surface area contributed by atoms with Crippen LogP contribution < -0.4 is 5.32 Å². The predicted octanol–water partition coefficient (Wildman–Crippen LogP) is 0.828. The number of nitrogens with one attached hydrogen (secondary N) is 1. The van der Waals surface area contributed by atoms with E-state index in [2.05, 4.69) is 10.5 Å². The fraction of sp³-hybridized carbons (Fsp3) is 0.600. The van der Waals surface area contributed by atoms with E-state index in [1.54, 1.807) is 18.7 Å². The molecule has 0 fully saturated rings. The molecule has 6 heteroatoms. The quantitative estimate of drug-likeness (QED) is 0.695. The second kappa shape index (κ2) is 7.29. The summed E-state index contributed by atoms with van der Waals surface area (Å²) in [7, 11) is 0. The predicted molar refractivity (Wildman–Crippen MR) is 62.6 cm³/mol. The largest absolute Gasteiger partial charge is 0.396 e. The minimum atomic E-state index is -0.224. The summed E-state index contributed by atoms with van der Waals surface area (Å²) >= 11 is 1.70. The maximum atomic E-state index is 11.5. The summed E-state index contributed by atoms with van der Waals surface area (Å²) in [6, 6.07) is 0. The SMILES string of the molecule is Cc1cnoc1C(=O)NCCSCCCO. The van der Waals surface area contributed by atoms with Crippen LogP contribution in [-0.4, -0.2) is 40.8 Å². The summed E-state index contributed by atoms with van der Waals surface area (Å²) in [6.07, 6.45) is 2.31. The van der Waals surface area contributed by atoms with E-state index in [0.29, 0.717) is 6.54 Å². The number of aliphatic hydroxyl groups is 1. The first-order valence-corrected chi connectivity index (χ1v) is 6.29. The zero-order valence-electron chi connectivity index (χ0n) is 9.23. The molecule has 0 unspecified atom stereocenters. The Kier molecular flexibility index (Phi) is 5.95. The van der Waals surface area contributed by atoms with Crippen LogP contribution >= 0.6 is 11.8 Å². The maximum absolute atomic E-state index is 11.5. The van der Waals surface area contributed by atoms with Crippen LogP contribution in [0.25, 0.3) is 0 Å². The summed E-state index contributed by atoms with van der Waals surface area (Å²) in [5.74, 6) is 1.80. The lowest BCUT2D eigenvalue weighted by Crippen LogP contribution is -2.26. The maximum Gasteiger partial charge on any atom is 0.290 e. The molecule has 0 saturated carbocycles. The number of amides is 1. The van der Waals surface area contributed by atoms with E-state index in [1.165, 1.54) is 6.20 Å². The van der Waals surface area contributed by atoms with Gasteiger partial charge in [0.1, 0.15) is 0 Å². The van der Waals surface area contributed by atoms with E-state index in [9.17, 15) is 4.79 Å². The minimum Gasteiger partial charge on any atom is -0.396 e. The van der Waals surface area contributed by atoms with Gasteiger partial charge in [0.2, 0.25) is 5.76 Å². The van der Waals surface area contributed by atoms with Gasteiger partial charge in [0.05, 0.1) is 6.20 Å². The third-order valence-corrected chi connectivity index (χ3v) is 3.00. The number of aryl methyl sites for hydroxylation is 1. The highest BCUT2D eigenvalue weighted by Gasteiger charge is 2.12. The van der Waals surface area contributed by atoms with Crippen molar-refractivity contribution in [2.75, 3.05) is 24.7 Å². The van der Waals surface area contributed by atoms with E-state index < -0.39 is 0 Å². The molecule has 0 aliphatic rings. The Morgan fingerprint density at radius 3 is 3.06 bits per heavy atom. The first kappa shape index (κ1) is 13.1. The van der Waals surface area contributed by atoms with Gasteiger partial charge in [-0.3, -0.25) is 4.79 Å². The molecule has 1 heterocycles. The first-order valence-electron chi connectivity index (χ1n) is 5.13. The number of hydrogen-bond acceptors (Lipinski definition) is 5. The van der Waals surface area contributed by atoms with Gasteiger partial charge in [-0.2, -0.15) is 11.8 Å². The van der Waals surface area contributed by atoms with Crippen LogP contribution in [0.3, 0.4) is 0 Å². The molecule has 0 atom stereocenters. The minimum absolute atomic E-state index is 0.219. The molecule has 90 valence electrons. The number of aliphatic hydroxyl groups excluding tert-OH is 1. The lowest BCUT2D eigenvalue weighted by molar-refractivity contribution is 0.0918. The monoisotopic (exact) mass is 244 g/mol. The molecule has 1 rings (SSSR count). The topological polar surface area (TPSA) is 75.4 Å². The molecular formula is C10H16N2O3S. The summed E-state index contributed by atoms with van der Waals surface area (Å²) < 4.78 is 4.82. The average molecular weight is 244 g/mol. The van der Waals surface area contributed by atoms with Gasteiger partial charge in [0.15, 0.2) is 0 Å². The Bertz CT molecular complexity index is 328. The first-order chi connectivity index (χ1) is 7.75. The summed E-state index contributed by atoms with van der Waals surface area (Å²) in [5.41, 5.74) is 0.741. The van der Waals surface area contributed by atoms with Crippen molar-refractivity contribution >= 4 is 17.7 Å². The van der Waals surface area contributed by atoms with Gasteiger partial charge in [-0.1, -0.05) is 5.16 Å². The lowest BCUT2D eigenvalue weighted by Gasteiger charge is -2.02. The van der Waals surface area contributed by atoms with Gasteiger partial charge < -0.3 is 14.9 Å². The van der Waals surface area contributed by atoms with Gasteiger partial charge in [0.25, 0.3) is 5.91 Å². The van der Waals surface area contributed by atoms with Crippen LogP contribution in [0.4, 0.5) is 0 Å². The van der Waals surface area contributed by atoms with E-state index >= 15 is 0 Å². The molecule has 1 aromatic heterocycles. The van der Waals surface area contributed by atoms with Crippen molar-refractivity contribution in [2.24, 2.45) is 0 Å². The number of hydrogen-bond donors (Lipinski definition) is 2. The highest BCUT2D eigenvalue weighted by Crippen LogP contribution is 2.05. The number of rotatable bonds is 7. The Morgan fingerprint density at radius 2 is 2.44 bits per heavy atom. The van der Waals surface area contributed by atoms with Crippen LogP contribution in [0.5, 0.6) is 0 Å². The zero-order chi connectivity index (χ0) is 11.8. The van der Waals surface area contributed by atoms with Crippen molar-refractivity contribution in [3.05, 3.63) is 17.5 Å². The lowest BCUT2D eigenvalue weighted by atomic mass is 10.3. The third-order valence-electron chi connectivity index (χ3n) is 1.93. The fourth-order valence-corrected chi connectivity index (χ4v) is 1.88. The highest BCUT2D eigenvalue weighted by atomic mass is 32.2. The number of aromatic nitrogens is 1. The Labute approximate surface area is 98.6 Å². The van der Waals surface area contributed by atoms with Crippen molar-refractivity contribution in [3.8, 4) is 0 Å². The normalized spacial score (nSPS) is 10.4. The molecule has 5 nitrogen and oxygen atoms in total. The zero-order valence-corrected chi connectivity index (χ0v) is 10.0. The van der Waals surface area contributed by atoms with Crippen LogP contribution in [0, 0.1) is 6.92 Å². The number of carbonyl (C=O) groups is 1. The molecule has 0 aliphatic carbocycles. The Morgan fingerprint density at radius 1 is 1.62 bits per heavy atom. The molecule has 2 N–H and O–H groups in total. The molecule has 0 aliphatic heterocycles. The Balaban J connectivity index is 2.14. The molecule has 0 saturated heterocycles. The summed E-state index contributed by atoms with van der Waals surface area (Å²) in [6.45, 7) is 2.59. The van der Waals surface area contributed by atoms with Crippen molar-refractivity contribution in [2.45, 2.75) is 13.3 Å². The number of carbonyl (C=O) groups excluding carboxylic acids is 1. The molecule has 16 heavy (non-hydrogen) atoms. The van der Waals surface area contributed by atoms with Crippen molar-refractivity contribution in [1.82, 2.24) is 10.5 Å². The Hall–Kier alpha value is -1.01. The van der Waals surface area contributed by atoms with Crippen LogP contribution in [-0.2, 0) is 0 Å². The third kappa shape index (κ3) is 4.24. The molecule has 1 amide bonds. The highest BCUT2D eigenvalue weighted by molar-refractivity contribution is 7.99. The summed E-state index contributed by atoms with van der Waals surface area (Å²) in [4.78, 5) is 11.5. The van der Waals surface area contributed by atoms with Gasteiger partial charge in [-0.25, -0.2) is 0 Å². The second-order valence-electron chi connectivity index (χ2n) is 3.28. The van der Waals surface area contributed by atoms with E-state index in [0.717, 1.165) is 23.5 Å². The number of thioether (sulfide) groups is 1. The van der Waals surface area contributed by atoms with Gasteiger partial charge in [-0.15, -0.1) is 0 Å². The number of nitrogens with zero attached hydrogens (tertiary/aromatic N) is 1. The van der Waals surface area contributed by atoms with Crippen LogP contribution in [0.15, 0.2) is 10.7 Å². The van der Waals surface area contributed by atoms with Gasteiger partial charge in [-0.05, 0) is 19.1 Å². The molecule has 1 aromatic rings. The average Bonchev–Trinajstić information content (AvgIpc) is 2.69. The molecule has 0 aromatic carbocycles. The van der Waals surface area contributed by atoms with E-state index in [1.807, 2.05) is 0 Å². The van der Waals surface area contributed by atoms with Crippen molar-refractivity contribution in [3.63, 3.8) is 0 Å². The van der Waals surface area contributed by atoms with Crippen molar-refractivity contribution in [1.29, 1.82) is 0 Å². The van der Waals surface area contributed by atoms with Crippen molar-refractivity contribution < 1.29 is 14.4 Å². The standard InChI is InChI=1S/C10H16N2O3S/c1-8-7-12-15-9(8)10(14)11-3-6-16-5-2-4-13/h7,13H,2-6H2,1H3,(H,11,14). The van der Waals surface area contributed by atoms with Crippen LogP contribution in [0.1, 0.15) is 22.5 Å². The van der Waals surface area contributed by atoms with Crippen LogP contribution in [0.2, 0.25) is 0 Å². The molecule has 0 bridgehead atoms. The molecular weight excluding hydrogens is 228 g/mol. The molecule has 0 radical (unpaired) electrons. The van der Waals surface area contributed by atoms with E-state index in [4.69, 9.17) is 9.63 Å². The summed E-state index contributed by atoms with van der Waals surface area (Å²) in [5, 5.41) is 14.9. The second-order valence-corrected chi connectivity index (χ2v) is 4.51. The van der Waals surface area contributed by atoms with Gasteiger partial charge in [0, 0.05) is 24.5 Å². The fourth-order valence-electron chi connectivity index (χ4n) is 1.09. The molecule has 0 spiro atoms.